The van der Waals surface area contributed by atoms with Gasteiger partial charge in [0.05, 0.1) is 0 Å². The molecule has 3 rings (SSSR count). The van der Waals surface area contributed by atoms with Gasteiger partial charge < -0.3 is 4.18 Å². The predicted molar refractivity (Wildman–Crippen MR) is 86.4 cm³/mol. The van der Waals surface area contributed by atoms with Crippen LogP contribution in [0, 0.1) is 0 Å². The molecule has 0 saturated heterocycles. The number of aromatic nitrogens is 1. The van der Waals surface area contributed by atoms with Crippen LogP contribution in [0.1, 0.15) is 5.56 Å². The van der Waals surface area contributed by atoms with Crippen LogP contribution in [0.3, 0.4) is 0 Å². The highest BCUT2D eigenvalue weighted by Gasteiger charge is 2.17. The van der Waals surface area contributed by atoms with Crippen LogP contribution < -0.4 is 4.18 Å². The number of halogens is 1. The molecule has 0 radical (unpaired) electrons. The Balaban J connectivity index is 1.92. The van der Waals surface area contributed by atoms with Crippen LogP contribution in [0.4, 0.5) is 0 Å². The normalized spacial score (nSPS) is 11.5. The van der Waals surface area contributed by atoms with Gasteiger partial charge in [0.25, 0.3) is 0 Å². The summed E-state index contributed by atoms with van der Waals surface area (Å²) in [6.45, 7) is 0. The van der Waals surface area contributed by atoms with Crippen LogP contribution in [0.25, 0.3) is 10.9 Å². The SMILES string of the molecule is O=S(=O)(Cc1ccccc1Cl)Oc1cccc2cccnc12. The molecule has 0 fully saturated rings. The van der Waals surface area contributed by atoms with Gasteiger partial charge in [-0.2, -0.15) is 8.42 Å². The molecule has 112 valence electrons. The molecule has 2 aromatic carbocycles. The summed E-state index contributed by atoms with van der Waals surface area (Å²) in [5.74, 6) is -0.0826. The molecule has 0 N–H and O–H groups in total. The number of hydrogen-bond acceptors (Lipinski definition) is 4. The van der Waals surface area contributed by atoms with E-state index in [4.69, 9.17) is 15.8 Å². The van der Waals surface area contributed by atoms with Gasteiger partial charge in [0.1, 0.15) is 11.3 Å². The first-order valence-corrected chi connectivity index (χ1v) is 8.50. The maximum atomic E-state index is 12.3. The maximum absolute atomic E-state index is 12.3. The van der Waals surface area contributed by atoms with E-state index in [0.717, 1.165) is 5.39 Å². The second-order valence-electron chi connectivity index (χ2n) is 4.71. The quantitative estimate of drug-likeness (QED) is 0.681. The minimum Gasteiger partial charge on any atom is -0.380 e. The van der Waals surface area contributed by atoms with Crippen molar-refractivity contribution in [3.8, 4) is 5.75 Å². The molecule has 0 saturated carbocycles. The van der Waals surface area contributed by atoms with Crippen molar-refractivity contribution >= 4 is 32.6 Å². The van der Waals surface area contributed by atoms with Gasteiger partial charge in [0.15, 0.2) is 5.75 Å². The minimum atomic E-state index is -3.83. The van der Waals surface area contributed by atoms with Gasteiger partial charge in [-0.15, -0.1) is 0 Å². The maximum Gasteiger partial charge on any atom is 0.313 e. The Morgan fingerprint density at radius 3 is 2.59 bits per heavy atom. The molecule has 1 aromatic heterocycles. The summed E-state index contributed by atoms with van der Waals surface area (Å²) in [6.07, 6.45) is 1.59. The third-order valence-electron chi connectivity index (χ3n) is 3.10. The molecule has 22 heavy (non-hydrogen) atoms. The van der Waals surface area contributed by atoms with Crippen molar-refractivity contribution in [2.24, 2.45) is 0 Å². The first-order chi connectivity index (χ1) is 10.6. The number of nitrogens with zero attached hydrogens (tertiary/aromatic N) is 1. The van der Waals surface area contributed by atoms with Crippen molar-refractivity contribution in [3.05, 3.63) is 71.4 Å². The molecule has 0 amide bonds. The number of pyridine rings is 1. The summed E-state index contributed by atoms with van der Waals surface area (Å²) < 4.78 is 29.7. The van der Waals surface area contributed by atoms with Crippen LogP contribution in [0.5, 0.6) is 5.75 Å². The number of benzene rings is 2. The van der Waals surface area contributed by atoms with E-state index in [0.29, 0.717) is 16.1 Å². The summed E-state index contributed by atoms with van der Waals surface area (Å²) in [5.41, 5.74) is 1.00. The molecule has 4 nitrogen and oxygen atoms in total. The molecule has 0 spiro atoms. The van der Waals surface area contributed by atoms with Crippen LogP contribution in [0.15, 0.2) is 60.8 Å². The van der Waals surface area contributed by atoms with E-state index in [-0.39, 0.29) is 11.5 Å². The van der Waals surface area contributed by atoms with E-state index in [1.54, 1.807) is 48.7 Å². The molecule has 6 heteroatoms. The largest absolute Gasteiger partial charge is 0.380 e. The van der Waals surface area contributed by atoms with E-state index >= 15 is 0 Å². The van der Waals surface area contributed by atoms with Crippen LogP contribution in [-0.4, -0.2) is 13.4 Å². The fourth-order valence-electron chi connectivity index (χ4n) is 2.12. The Labute approximate surface area is 133 Å². The average Bonchev–Trinajstić information content (AvgIpc) is 2.49. The fourth-order valence-corrected chi connectivity index (χ4v) is 3.50. The Hall–Kier alpha value is -2.11. The highest BCUT2D eigenvalue weighted by atomic mass is 35.5. The zero-order chi connectivity index (χ0) is 15.6. The van der Waals surface area contributed by atoms with Gasteiger partial charge in [-0.05, 0) is 23.8 Å². The van der Waals surface area contributed by atoms with Gasteiger partial charge in [-0.3, -0.25) is 4.98 Å². The highest BCUT2D eigenvalue weighted by molar-refractivity contribution is 7.86. The lowest BCUT2D eigenvalue weighted by molar-refractivity contribution is 0.487. The Kier molecular flexibility index (Phi) is 4.00. The van der Waals surface area contributed by atoms with Gasteiger partial charge >= 0.3 is 10.1 Å². The molecule has 0 aliphatic heterocycles. The van der Waals surface area contributed by atoms with Crippen molar-refractivity contribution < 1.29 is 12.6 Å². The molecule has 0 aliphatic rings. The van der Waals surface area contributed by atoms with Crippen LogP contribution >= 0.6 is 11.6 Å². The zero-order valence-electron chi connectivity index (χ0n) is 11.4. The molecule has 0 unspecified atom stereocenters. The average molecular weight is 334 g/mol. The van der Waals surface area contributed by atoms with Gasteiger partial charge in [-0.25, -0.2) is 0 Å². The predicted octanol–water partition coefficient (Wildman–Crippen LogP) is 3.80. The summed E-state index contributed by atoms with van der Waals surface area (Å²) in [6, 6.07) is 15.6. The van der Waals surface area contributed by atoms with Crippen molar-refractivity contribution in [2.75, 3.05) is 0 Å². The summed E-state index contributed by atoms with van der Waals surface area (Å²) in [5, 5.41) is 1.21. The first kappa shape index (κ1) is 14.8. The van der Waals surface area contributed by atoms with Crippen molar-refractivity contribution in [1.29, 1.82) is 0 Å². The van der Waals surface area contributed by atoms with E-state index in [1.807, 2.05) is 12.1 Å². The molecule has 1 heterocycles. The van der Waals surface area contributed by atoms with Crippen molar-refractivity contribution in [2.45, 2.75) is 5.75 Å². The minimum absolute atomic E-state index is 0.213. The summed E-state index contributed by atoms with van der Waals surface area (Å²) in [4.78, 5) is 4.17. The van der Waals surface area contributed by atoms with E-state index in [1.165, 1.54) is 0 Å². The molecular formula is C16H12ClNO3S. The number of rotatable bonds is 4. The second kappa shape index (κ2) is 5.94. The Morgan fingerprint density at radius 1 is 1.00 bits per heavy atom. The molecular weight excluding hydrogens is 322 g/mol. The standard InChI is InChI=1S/C16H12ClNO3S/c17-14-8-2-1-5-13(14)11-22(19,20)21-15-9-3-6-12-7-4-10-18-16(12)15/h1-10H,11H2. The fraction of sp³-hybridized carbons (Fsp3) is 0.0625. The number of hydrogen-bond donors (Lipinski definition) is 0. The third-order valence-corrected chi connectivity index (χ3v) is 4.57. The topological polar surface area (TPSA) is 56.3 Å². The second-order valence-corrected chi connectivity index (χ2v) is 6.69. The van der Waals surface area contributed by atoms with E-state index in [2.05, 4.69) is 4.98 Å². The lowest BCUT2D eigenvalue weighted by Gasteiger charge is -2.09. The summed E-state index contributed by atoms with van der Waals surface area (Å²) in [7, 11) is -3.83. The summed E-state index contributed by atoms with van der Waals surface area (Å²) >= 11 is 6.00. The molecule has 0 bridgehead atoms. The van der Waals surface area contributed by atoms with Gasteiger partial charge in [0, 0.05) is 16.6 Å². The third kappa shape index (κ3) is 3.21. The smallest absolute Gasteiger partial charge is 0.313 e. The van der Waals surface area contributed by atoms with Crippen molar-refractivity contribution in [1.82, 2.24) is 4.98 Å². The van der Waals surface area contributed by atoms with Crippen molar-refractivity contribution in [3.63, 3.8) is 0 Å². The molecule has 3 aromatic rings. The first-order valence-electron chi connectivity index (χ1n) is 6.54. The van der Waals surface area contributed by atoms with Gasteiger partial charge in [-0.1, -0.05) is 48.0 Å². The van der Waals surface area contributed by atoms with E-state index in [9.17, 15) is 8.42 Å². The number of fused-ring (bicyclic) bond motifs is 1. The lowest BCUT2D eigenvalue weighted by Crippen LogP contribution is -2.12. The Bertz CT molecular complexity index is 920. The van der Waals surface area contributed by atoms with Crippen LogP contribution in [-0.2, 0) is 15.9 Å². The molecule has 0 atom stereocenters. The monoisotopic (exact) mass is 333 g/mol. The van der Waals surface area contributed by atoms with Crippen LogP contribution in [0.2, 0.25) is 5.02 Å². The van der Waals surface area contributed by atoms with E-state index < -0.39 is 10.1 Å². The zero-order valence-corrected chi connectivity index (χ0v) is 13.0. The molecule has 0 aliphatic carbocycles. The highest BCUT2D eigenvalue weighted by Crippen LogP contribution is 2.26. The lowest BCUT2D eigenvalue weighted by atomic mass is 10.2. The van der Waals surface area contributed by atoms with Gasteiger partial charge in [0.2, 0.25) is 0 Å². The Morgan fingerprint density at radius 2 is 1.77 bits per heavy atom. The number of para-hydroxylation sites is 1.